The predicted octanol–water partition coefficient (Wildman–Crippen LogP) is 0.741. The SMILES string of the molecule is C1=C2CCNC=C2NCC1. The highest BCUT2D eigenvalue weighted by Gasteiger charge is 2.11. The van der Waals surface area contributed by atoms with Crippen molar-refractivity contribution in [2.24, 2.45) is 0 Å². The Morgan fingerprint density at radius 1 is 1.30 bits per heavy atom. The minimum absolute atomic E-state index is 1.09. The molecule has 0 amide bonds. The Labute approximate surface area is 61.0 Å². The van der Waals surface area contributed by atoms with Gasteiger partial charge in [0.25, 0.3) is 0 Å². The van der Waals surface area contributed by atoms with E-state index in [1.54, 1.807) is 0 Å². The van der Waals surface area contributed by atoms with Gasteiger partial charge in [-0.1, -0.05) is 6.08 Å². The molecule has 0 aromatic carbocycles. The number of rotatable bonds is 0. The van der Waals surface area contributed by atoms with E-state index in [1.165, 1.54) is 24.1 Å². The molecule has 0 saturated heterocycles. The molecule has 0 radical (unpaired) electrons. The predicted molar refractivity (Wildman–Crippen MR) is 41.4 cm³/mol. The fraction of sp³-hybridized carbons (Fsp3) is 0.500. The molecule has 0 aromatic heterocycles. The summed E-state index contributed by atoms with van der Waals surface area (Å²) < 4.78 is 0. The quantitative estimate of drug-likeness (QED) is 0.513. The highest BCUT2D eigenvalue weighted by atomic mass is 14.9. The first kappa shape index (κ1) is 5.83. The zero-order valence-corrected chi connectivity index (χ0v) is 5.98. The van der Waals surface area contributed by atoms with Crippen LogP contribution in [0.5, 0.6) is 0 Å². The molecular formula is C8H12N2. The van der Waals surface area contributed by atoms with Crippen molar-refractivity contribution in [3.05, 3.63) is 23.5 Å². The molecule has 0 fully saturated rings. The molecular weight excluding hydrogens is 124 g/mol. The first-order valence-electron chi connectivity index (χ1n) is 3.83. The van der Waals surface area contributed by atoms with Crippen molar-refractivity contribution in [2.75, 3.05) is 13.1 Å². The van der Waals surface area contributed by atoms with Gasteiger partial charge in [0.15, 0.2) is 0 Å². The van der Waals surface area contributed by atoms with Crippen LogP contribution in [0, 0.1) is 0 Å². The van der Waals surface area contributed by atoms with Crippen molar-refractivity contribution >= 4 is 0 Å². The van der Waals surface area contributed by atoms with Gasteiger partial charge in [-0.05, 0) is 18.4 Å². The number of hydrogen-bond acceptors (Lipinski definition) is 2. The zero-order chi connectivity index (χ0) is 6.81. The Morgan fingerprint density at radius 3 is 3.20 bits per heavy atom. The molecule has 0 aromatic rings. The first-order chi connectivity index (χ1) is 4.97. The Bertz CT molecular complexity index is 169. The van der Waals surface area contributed by atoms with Crippen LogP contribution < -0.4 is 10.6 Å². The Morgan fingerprint density at radius 2 is 2.30 bits per heavy atom. The van der Waals surface area contributed by atoms with Gasteiger partial charge in [0.1, 0.15) is 0 Å². The summed E-state index contributed by atoms with van der Waals surface area (Å²) in [7, 11) is 0. The number of fused-ring (bicyclic) bond motifs is 1. The summed E-state index contributed by atoms with van der Waals surface area (Å²) in [6.45, 7) is 2.19. The fourth-order valence-corrected chi connectivity index (χ4v) is 1.44. The number of nitrogens with one attached hydrogen (secondary N) is 2. The molecule has 54 valence electrons. The van der Waals surface area contributed by atoms with Crippen molar-refractivity contribution in [1.29, 1.82) is 0 Å². The number of hydrogen-bond donors (Lipinski definition) is 2. The molecule has 2 aliphatic rings. The summed E-state index contributed by atoms with van der Waals surface area (Å²) in [5, 5.41) is 6.57. The van der Waals surface area contributed by atoms with Crippen LogP contribution in [0.3, 0.4) is 0 Å². The highest BCUT2D eigenvalue weighted by Crippen LogP contribution is 2.17. The molecule has 2 N–H and O–H groups in total. The molecule has 0 atom stereocenters. The van der Waals surface area contributed by atoms with Crippen LogP contribution in [0.15, 0.2) is 23.5 Å². The lowest BCUT2D eigenvalue weighted by Crippen LogP contribution is -2.27. The van der Waals surface area contributed by atoms with E-state index in [-0.39, 0.29) is 0 Å². The van der Waals surface area contributed by atoms with Crippen LogP contribution in [0.25, 0.3) is 0 Å². The van der Waals surface area contributed by atoms with Gasteiger partial charge in [0.05, 0.1) is 5.70 Å². The zero-order valence-electron chi connectivity index (χ0n) is 5.98. The van der Waals surface area contributed by atoms with Crippen LogP contribution in [0.4, 0.5) is 0 Å². The molecule has 0 bridgehead atoms. The van der Waals surface area contributed by atoms with Crippen LogP contribution in [-0.4, -0.2) is 13.1 Å². The highest BCUT2D eigenvalue weighted by molar-refractivity contribution is 5.33. The minimum atomic E-state index is 1.09. The molecule has 0 saturated carbocycles. The molecule has 2 rings (SSSR count). The van der Waals surface area contributed by atoms with Crippen LogP contribution in [0.1, 0.15) is 12.8 Å². The Kier molecular flexibility index (Phi) is 1.38. The summed E-state index contributed by atoms with van der Waals surface area (Å²) in [5.41, 5.74) is 2.79. The number of allylic oxidation sites excluding steroid dienone is 1. The van der Waals surface area contributed by atoms with Gasteiger partial charge in [-0.2, -0.15) is 0 Å². The lowest BCUT2D eigenvalue weighted by molar-refractivity contribution is 0.689. The van der Waals surface area contributed by atoms with E-state index in [2.05, 4.69) is 22.9 Å². The maximum absolute atomic E-state index is 3.35. The van der Waals surface area contributed by atoms with Gasteiger partial charge < -0.3 is 10.6 Å². The van der Waals surface area contributed by atoms with Gasteiger partial charge in [0, 0.05) is 19.3 Å². The van der Waals surface area contributed by atoms with Gasteiger partial charge in [-0.25, -0.2) is 0 Å². The van der Waals surface area contributed by atoms with Crippen LogP contribution in [-0.2, 0) is 0 Å². The fourth-order valence-electron chi connectivity index (χ4n) is 1.44. The monoisotopic (exact) mass is 136 g/mol. The summed E-state index contributed by atoms with van der Waals surface area (Å²) in [5.74, 6) is 0. The third-order valence-corrected chi connectivity index (χ3v) is 1.98. The maximum Gasteiger partial charge on any atom is 0.0529 e. The van der Waals surface area contributed by atoms with Gasteiger partial charge in [0.2, 0.25) is 0 Å². The second-order valence-corrected chi connectivity index (χ2v) is 2.71. The van der Waals surface area contributed by atoms with Crippen molar-refractivity contribution in [1.82, 2.24) is 10.6 Å². The van der Waals surface area contributed by atoms with Crippen molar-refractivity contribution in [2.45, 2.75) is 12.8 Å². The van der Waals surface area contributed by atoms with E-state index in [0.29, 0.717) is 0 Å². The molecule has 2 aliphatic heterocycles. The van der Waals surface area contributed by atoms with Gasteiger partial charge >= 0.3 is 0 Å². The smallest absolute Gasteiger partial charge is 0.0529 e. The molecule has 2 nitrogen and oxygen atoms in total. The average Bonchev–Trinajstić information content (AvgIpc) is 2.05. The van der Waals surface area contributed by atoms with E-state index >= 15 is 0 Å². The summed E-state index contributed by atoms with van der Waals surface area (Å²) in [6.07, 6.45) is 6.78. The normalized spacial score (nSPS) is 23.2. The maximum atomic E-state index is 3.35. The van der Waals surface area contributed by atoms with Crippen LogP contribution >= 0.6 is 0 Å². The summed E-state index contributed by atoms with van der Waals surface area (Å²) >= 11 is 0. The topological polar surface area (TPSA) is 24.1 Å². The largest absolute Gasteiger partial charge is 0.389 e. The van der Waals surface area contributed by atoms with Crippen molar-refractivity contribution < 1.29 is 0 Å². The van der Waals surface area contributed by atoms with E-state index in [4.69, 9.17) is 0 Å². The Balaban J connectivity index is 2.25. The molecule has 2 heteroatoms. The van der Waals surface area contributed by atoms with Crippen molar-refractivity contribution in [3.8, 4) is 0 Å². The second kappa shape index (κ2) is 2.37. The van der Waals surface area contributed by atoms with Crippen molar-refractivity contribution in [3.63, 3.8) is 0 Å². The summed E-state index contributed by atoms with van der Waals surface area (Å²) in [6, 6.07) is 0. The molecule has 10 heavy (non-hydrogen) atoms. The summed E-state index contributed by atoms with van der Waals surface area (Å²) in [4.78, 5) is 0. The van der Waals surface area contributed by atoms with Gasteiger partial charge in [-0.15, -0.1) is 0 Å². The van der Waals surface area contributed by atoms with E-state index in [0.717, 1.165) is 13.1 Å². The standard InChI is InChI=1S/C8H12N2/c1-2-7-3-5-9-6-8(7)10-4-1/h2,6,9-10H,1,3-5H2. The van der Waals surface area contributed by atoms with E-state index in [1.807, 2.05) is 0 Å². The van der Waals surface area contributed by atoms with Gasteiger partial charge in [-0.3, -0.25) is 0 Å². The van der Waals surface area contributed by atoms with Crippen LogP contribution in [0.2, 0.25) is 0 Å². The first-order valence-corrected chi connectivity index (χ1v) is 3.83. The van der Waals surface area contributed by atoms with E-state index in [9.17, 15) is 0 Å². The Hall–Kier alpha value is -0.920. The molecule has 0 unspecified atom stereocenters. The lowest BCUT2D eigenvalue weighted by Gasteiger charge is -2.23. The van der Waals surface area contributed by atoms with E-state index < -0.39 is 0 Å². The third-order valence-electron chi connectivity index (χ3n) is 1.98. The third kappa shape index (κ3) is 0.897. The lowest BCUT2D eigenvalue weighted by atomic mass is 10.0. The molecule has 2 heterocycles. The molecule has 0 aliphatic carbocycles. The second-order valence-electron chi connectivity index (χ2n) is 2.71. The minimum Gasteiger partial charge on any atom is -0.389 e. The average molecular weight is 136 g/mol. The molecule has 0 spiro atoms.